The summed E-state index contributed by atoms with van der Waals surface area (Å²) in [5.74, 6) is -1.10. The Bertz CT molecular complexity index is 835. The van der Waals surface area contributed by atoms with Crippen LogP contribution in [0.25, 0.3) is 0 Å². The zero-order valence-electron chi connectivity index (χ0n) is 20.5. The fourth-order valence-electron chi connectivity index (χ4n) is 3.19. The molecule has 0 radical (unpaired) electrons. The summed E-state index contributed by atoms with van der Waals surface area (Å²) in [5.41, 5.74) is -0.540. The van der Waals surface area contributed by atoms with Crippen molar-refractivity contribution in [1.29, 1.82) is 0 Å². The first-order valence-corrected chi connectivity index (χ1v) is 11.8. The minimum Gasteiger partial charge on any atom is -0.470 e. The van der Waals surface area contributed by atoms with Crippen molar-refractivity contribution >= 4 is 35.4 Å². The second kappa shape index (κ2) is 12.3. The summed E-state index contributed by atoms with van der Waals surface area (Å²) in [5, 5.41) is 9.31. The fourth-order valence-corrected chi connectivity index (χ4v) is 3.71. The molecule has 13 heteroatoms. The Labute approximate surface area is 203 Å². The third-order valence-electron chi connectivity index (χ3n) is 4.98. The number of esters is 2. The molecule has 1 amide bonds. The first kappa shape index (κ1) is 27.7. The number of amides is 1. The molecule has 0 unspecified atom stereocenters. The van der Waals surface area contributed by atoms with Gasteiger partial charge in [-0.05, 0) is 34.6 Å². The highest BCUT2D eigenvalue weighted by molar-refractivity contribution is 6.99. The molecule has 0 saturated carbocycles. The largest absolute Gasteiger partial charge is 0.470 e. The number of aromatic nitrogens is 2. The van der Waals surface area contributed by atoms with E-state index in [2.05, 4.69) is 8.75 Å². The van der Waals surface area contributed by atoms with E-state index in [1.54, 1.807) is 4.90 Å². The van der Waals surface area contributed by atoms with E-state index < -0.39 is 35.8 Å². The summed E-state index contributed by atoms with van der Waals surface area (Å²) in [6.07, 6.45) is -3.52. The van der Waals surface area contributed by atoms with Crippen LogP contribution in [-0.2, 0) is 28.6 Å². The zero-order chi connectivity index (χ0) is 25.5. The molecule has 2 heterocycles. The van der Waals surface area contributed by atoms with E-state index in [1.165, 1.54) is 20.8 Å². The van der Waals surface area contributed by atoms with E-state index >= 15 is 0 Å². The van der Waals surface area contributed by atoms with E-state index in [0.29, 0.717) is 38.0 Å². The SMILES string of the molecule is CC(=O)N(C[C@@H](COc1nsnc1N1CCOCC1)OC(=O)[C@H](C)OC(=O)[C@H](C)O)C(C)(C)C. The Morgan fingerprint density at radius 2 is 1.79 bits per heavy atom. The summed E-state index contributed by atoms with van der Waals surface area (Å²) in [6, 6.07) is 0. The normalized spacial score (nSPS) is 16.9. The molecule has 1 aromatic heterocycles. The molecule has 192 valence electrons. The number of carbonyl (C=O) groups is 3. The van der Waals surface area contributed by atoms with Gasteiger partial charge in [0.15, 0.2) is 12.2 Å². The maximum Gasteiger partial charge on any atom is 0.347 e. The monoisotopic (exact) mass is 502 g/mol. The highest BCUT2D eigenvalue weighted by Gasteiger charge is 2.32. The summed E-state index contributed by atoms with van der Waals surface area (Å²) < 4.78 is 30.2. The fraction of sp³-hybridized carbons (Fsp3) is 0.762. The molecule has 0 aliphatic carbocycles. The van der Waals surface area contributed by atoms with Crippen LogP contribution < -0.4 is 9.64 Å². The molecule has 1 aliphatic heterocycles. The lowest BCUT2D eigenvalue weighted by Crippen LogP contribution is -2.50. The molecule has 0 spiro atoms. The number of nitrogens with zero attached hydrogens (tertiary/aromatic N) is 4. The average Bonchev–Trinajstić information content (AvgIpc) is 3.23. The number of carbonyl (C=O) groups excluding carboxylic acids is 3. The van der Waals surface area contributed by atoms with Gasteiger partial charge in [-0.25, -0.2) is 9.59 Å². The second-order valence-corrected chi connectivity index (χ2v) is 9.45. The lowest BCUT2D eigenvalue weighted by molar-refractivity contribution is -0.176. The minimum absolute atomic E-state index is 0.0477. The first-order valence-electron chi connectivity index (χ1n) is 11.1. The maximum absolute atomic E-state index is 12.6. The van der Waals surface area contributed by atoms with Gasteiger partial charge in [0.1, 0.15) is 12.7 Å². The van der Waals surface area contributed by atoms with Gasteiger partial charge in [0.2, 0.25) is 11.7 Å². The molecule has 34 heavy (non-hydrogen) atoms. The third-order valence-corrected chi connectivity index (χ3v) is 5.49. The van der Waals surface area contributed by atoms with Gasteiger partial charge in [-0.3, -0.25) is 4.79 Å². The predicted octanol–water partition coefficient (Wildman–Crippen LogP) is 0.625. The summed E-state index contributed by atoms with van der Waals surface area (Å²) in [4.78, 5) is 40.1. The highest BCUT2D eigenvalue weighted by atomic mass is 32.1. The number of ether oxygens (including phenoxy) is 4. The van der Waals surface area contributed by atoms with Crippen LogP contribution in [-0.4, -0.2) is 99.9 Å². The van der Waals surface area contributed by atoms with Gasteiger partial charge in [-0.2, -0.15) is 4.37 Å². The molecule has 1 N–H and O–H groups in total. The van der Waals surface area contributed by atoms with E-state index in [1.807, 2.05) is 25.7 Å². The summed E-state index contributed by atoms with van der Waals surface area (Å²) in [6.45, 7) is 12.0. The van der Waals surface area contributed by atoms with Crippen molar-refractivity contribution in [2.45, 2.75) is 65.4 Å². The standard InChI is InChI=1S/C21H34N4O8S/c1-13(26)19(28)32-14(2)20(29)33-16(11-25(15(3)27)21(4,5)6)12-31-18-17(22-34-23-18)24-7-9-30-10-8-24/h13-14,16,26H,7-12H2,1-6H3/t13-,14-,16-/m0/s1. The number of aliphatic hydroxyl groups excluding tert-OH is 1. The van der Waals surface area contributed by atoms with Crippen molar-refractivity contribution in [3.8, 4) is 5.88 Å². The van der Waals surface area contributed by atoms with Crippen LogP contribution in [0.5, 0.6) is 5.88 Å². The molecule has 3 atom stereocenters. The molecule has 0 aromatic carbocycles. The topological polar surface area (TPSA) is 141 Å². The van der Waals surface area contributed by atoms with Crippen molar-refractivity contribution in [2.75, 3.05) is 44.4 Å². The maximum atomic E-state index is 12.6. The van der Waals surface area contributed by atoms with Crippen LogP contribution >= 0.6 is 11.7 Å². The van der Waals surface area contributed by atoms with Crippen LogP contribution in [0.1, 0.15) is 41.5 Å². The van der Waals surface area contributed by atoms with Crippen LogP contribution in [0.3, 0.4) is 0 Å². The zero-order valence-corrected chi connectivity index (χ0v) is 21.3. The van der Waals surface area contributed by atoms with Gasteiger partial charge in [0.25, 0.3) is 5.88 Å². The van der Waals surface area contributed by atoms with Crippen molar-refractivity contribution in [3.63, 3.8) is 0 Å². The number of hydrogen-bond donors (Lipinski definition) is 1. The van der Waals surface area contributed by atoms with Crippen LogP contribution in [0, 0.1) is 0 Å². The predicted molar refractivity (Wildman–Crippen MR) is 123 cm³/mol. The highest BCUT2D eigenvalue weighted by Crippen LogP contribution is 2.27. The molecule has 1 fully saturated rings. The first-order chi connectivity index (χ1) is 15.9. The van der Waals surface area contributed by atoms with Gasteiger partial charge >= 0.3 is 11.9 Å². The van der Waals surface area contributed by atoms with Gasteiger partial charge in [0.05, 0.1) is 31.5 Å². The van der Waals surface area contributed by atoms with Crippen LogP contribution in [0.4, 0.5) is 5.82 Å². The molecular formula is C21H34N4O8S. The van der Waals surface area contributed by atoms with Crippen molar-refractivity contribution < 1.29 is 38.4 Å². The minimum atomic E-state index is -1.38. The molecule has 1 aromatic rings. The van der Waals surface area contributed by atoms with Gasteiger partial charge < -0.3 is 33.9 Å². The molecule has 2 rings (SSSR count). The number of anilines is 1. The van der Waals surface area contributed by atoms with E-state index in [0.717, 1.165) is 11.7 Å². The van der Waals surface area contributed by atoms with Crippen molar-refractivity contribution in [3.05, 3.63) is 0 Å². The van der Waals surface area contributed by atoms with E-state index in [-0.39, 0.29) is 19.1 Å². The lowest BCUT2D eigenvalue weighted by Gasteiger charge is -2.37. The van der Waals surface area contributed by atoms with Gasteiger partial charge in [-0.15, -0.1) is 4.37 Å². The molecule has 0 bridgehead atoms. The number of aliphatic hydroxyl groups is 1. The second-order valence-electron chi connectivity index (χ2n) is 8.92. The quantitative estimate of drug-likeness (QED) is 0.450. The average molecular weight is 503 g/mol. The Morgan fingerprint density at radius 1 is 1.15 bits per heavy atom. The molecule has 12 nitrogen and oxygen atoms in total. The molecular weight excluding hydrogens is 468 g/mol. The smallest absolute Gasteiger partial charge is 0.347 e. The molecule has 1 saturated heterocycles. The summed E-state index contributed by atoms with van der Waals surface area (Å²) in [7, 11) is 0. The Morgan fingerprint density at radius 3 is 2.35 bits per heavy atom. The van der Waals surface area contributed by atoms with Crippen molar-refractivity contribution in [1.82, 2.24) is 13.6 Å². The molecule has 1 aliphatic rings. The van der Waals surface area contributed by atoms with Crippen LogP contribution in [0.15, 0.2) is 0 Å². The summed E-state index contributed by atoms with van der Waals surface area (Å²) >= 11 is 1.00. The van der Waals surface area contributed by atoms with Crippen molar-refractivity contribution in [2.24, 2.45) is 0 Å². The van der Waals surface area contributed by atoms with Gasteiger partial charge in [-0.1, -0.05) is 0 Å². The number of morpholine rings is 1. The van der Waals surface area contributed by atoms with Gasteiger partial charge in [0, 0.05) is 25.6 Å². The number of hydrogen-bond acceptors (Lipinski definition) is 12. The Kier molecular flexibility index (Phi) is 10.0. The Hall–Kier alpha value is -2.51. The van der Waals surface area contributed by atoms with E-state index in [9.17, 15) is 19.5 Å². The third kappa shape index (κ3) is 8.06. The number of rotatable bonds is 10. The van der Waals surface area contributed by atoms with E-state index in [4.69, 9.17) is 18.9 Å². The van der Waals surface area contributed by atoms with Crippen LogP contribution in [0.2, 0.25) is 0 Å². The lowest BCUT2D eigenvalue weighted by atomic mass is 10.1. The Balaban J connectivity index is 2.14.